The second-order valence-electron chi connectivity index (χ2n) is 5.69. The molecule has 3 aromatic carbocycles. The van der Waals surface area contributed by atoms with E-state index in [1.165, 1.54) is 0 Å². The Morgan fingerprint density at radius 1 is 0.917 bits per heavy atom. The highest BCUT2D eigenvalue weighted by Gasteiger charge is 2.18. The Balaban J connectivity index is 2.27. The van der Waals surface area contributed by atoms with Crippen LogP contribution in [0.5, 0.6) is 5.75 Å². The lowest BCUT2D eigenvalue weighted by atomic mass is 10.1. The van der Waals surface area contributed by atoms with Gasteiger partial charge in [-0.05, 0) is 25.1 Å². The Morgan fingerprint density at radius 3 is 2.25 bits per heavy atom. The van der Waals surface area contributed by atoms with Crippen molar-refractivity contribution in [3.05, 3.63) is 71.0 Å². The summed E-state index contributed by atoms with van der Waals surface area (Å²) in [7, 11) is 1.64. The van der Waals surface area contributed by atoms with Gasteiger partial charge in [-0.25, -0.2) is 9.36 Å². The molecule has 24 heavy (non-hydrogen) atoms. The first-order valence-corrected chi connectivity index (χ1v) is 8.03. The zero-order valence-electron chi connectivity index (χ0n) is 13.7. The molecule has 0 aliphatic carbocycles. The van der Waals surface area contributed by atoms with E-state index in [0.717, 1.165) is 27.7 Å². The standard InChI is InChI=1S/C20H18N2O2/c1-3-21-20(23)17-13-18(24-2)15-11-7-8-12-16(15)19(17)22(21)14-9-5-4-6-10-14/h4-13H,3H2,1-2H3. The SMILES string of the molecule is CCn1c(=O)c2cc(OC)c3ccccc3c2n1-c1ccccc1. The van der Waals surface area contributed by atoms with Crippen LogP contribution in [0.4, 0.5) is 0 Å². The fourth-order valence-electron chi connectivity index (χ4n) is 3.36. The third kappa shape index (κ3) is 1.96. The van der Waals surface area contributed by atoms with Crippen LogP contribution in [-0.4, -0.2) is 16.5 Å². The molecule has 0 aliphatic rings. The topological polar surface area (TPSA) is 36.2 Å². The molecule has 0 saturated heterocycles. The summed E-state index contributed by atoms with van der Waals surface area (Å²) in [4.78, 5) is 13.0. The van der Waals surface area contributed by atoms with Gasteiger partial charge in [0.25, 0.3) is 5.56 Å². The summed E-state index contributed by atoms with van der Waals surface area (Å²) in [5, 5.41) is 2.70. The van der Waals surface area contributed by atoms with Crippen LogP contribution in [0.2, 0.25) is 0 Å². The summed E-state index contributed by atoms with van der Waals surface area (Å²) in [6, 6.07) is 19.9. The lowest BCUT2D eigenvalue weighted by Crippen LogP contribution is -2.20. The molecule has 4 heteroatoms. The Hall–Kier alpha value is -3.01. The monoisotopic (exact) mass is 318 g/mol. The highest BCUT2D eigenvalue weighted by atomic mass is 16.5. The number of nitrogens with zero attached hydrogens (tertiary/aromatic N) is 2. The van der Waals surface area contributed by atoms with E-state index in [9.17, 15) is 4.79 Å². The first-order chi connectivity index (χ1) is 11.8. The van der Waals surface area contributed by atoms with Gasteiger partial charge in [0.05, 0.1) is 23.7 Å². The molecule has 120 valence electrons. The van der Waals surface area contributed by atoms with Gasteiger partial charge < -0.3 is 4.74 Å². The van der Waals surface area contributed by atoms with Crippen molar-refractivity contribution in [2.24, 2.45) is 0 Å². The predicted molar refractivity (Wildman–Crippen MR) is 97.3 cm³/mol. The second kappa shape index (κ2) is 5.57. The lowest BCUT2D eigenvalue weighted by molar-refractivity contribution is 0.420. The smallest absolute Gasteiger partial charge is 0.275 e. The van der Waals surface area contributed by atoms with Crippen LogP contribution in [0.3, 0.4) is 0 Å². The Labute approximate surface area is 139 Å². The van der Waals surface area contributed by atoms with E-state index >= 15 is 0 Å². The maximum Gasteiger partial charge on any atom is 0.275 e. The molecule has 4 aromatic rings. The molecular weight excluding hydrogens is 300 g/mol. The van der Waals surface area contributed by atoms with E-state index in [0.29, 0.717) is 11.9 Å². The molecule has 0 spiro atoms. The number of aromatic nitrogens is 2. The number of benzene rings is 3. The minimum atomic E-state index is 0.000376. The van der Waals surface area contributed by atoms with Gasteiger partial charge in [0, 0.05) is 17.3 Å². The number of methoxy groups -OCH3 is 1. The quantitative estimate of drug-likeness (QED) is 0.573. The molecular formula is C20H18N2O2. The second-order valence-corrected chi connectivity index (χ2v) is 5.69. The summed E-state index contributed by atoms with van der Waals surface area (Å²) in [5.41, 5.74) is 1.90. The molecule has 4 rings (SSSR count). The molecule has 0 unspecified atom stereocenters. The lowest BCUT2D eigenvalue weighted by Gasteiger charge is -2.13. The summed E-state index contributed by atoms with van der Waals surface area (Å²) in [5.74, 6) is 0.726. The molecule has 0 atom stereocenters. The highest BCUT2D eigenvalue weighted by Crippen LogP contribution is 2.33. The van der Waals surface area contributed by atoms with Crippen molar-refractivity contribution >= 4 is 21.7 Å². The van der Waals surface area contributed by atoms with Gasteiger partial charge in [0.1, 0.15) is 5.75 Å². The average Bonchev–Trinajstić information content (AvgIpc) is 2.93. The maximum absolute atomic E-state index is 13.0. The van der Waals surface area contributed by atoms with Crippen molar-refractivity contribution in [2.45, 2.75) is 13.5 Å². The molecule has 0 bridgehead atoms. The van der Waals surface area contributed by atoms with Crippen LogP contribution in [0.1, 0.15) is 6.92 Å². The van der Waals surface area contributed by atoms with E-state index in [4.69, 9.17) is 4.74 Å². The van der Waals surface area contributed by atoms with Gasteiger partial charge in [0.15, 0.2) is 0 Å². The molecule has 4 nitrogen and oxygen atoms in total. The van der Waals surface area contributed by atoms with Crippen LogP contribution < -0.4 is 10.3 Å². The van der Waals surface area contributed by atoms with Gasteiger partial charge in [-0.1, -0.05) is 42.5 Å². The molecule has 0 amide bonds. The highest BCUT2D eigenvalue weighted by molar-refractivity contribution is 6.09. The molecule has 0 aliphatic heterocycles. The summed E-state index contributed by atoms with van der Waals surface area (Å²) >= 11 is 0. The minimum Gasteiger partial charge on any atom is -0.496 e. The maximum atomic E-state index is 13.0. The normalized spacial score (nSPS) is 11.2. The van der Waals surface area contributed by atoms with E-state index in [1.807, 2.05) is 72.3 Å². The number of para-hydroxylation sites is 1. The van der Waals surface area contributed by atoms with Crippen molar-refractivity contribution in [3.8, 4) is 11.4 Å². The summed E-state index contributed by atoms with van der Waals surface area (Å²) in [6.07, 6.45) is 0. The zero-order valence-corrected chi connectivity index (χ0v) is 13.7. The number of fused-ring (bicyclic) bond motifs is 3. The molecule has 0 radical (unpaired) electrons. The van der Waals surface area contributed by atoms with Gasteiger partial charge in [-0.15, -0.1) is 0 Å². The van der Waals surface area contributed by atoms with Crippen molar-refractivity contribution in [1.82, 2.24) is 9.36 Å². The molecule has 1 heterocycles. The number of ether oxygens (including phenoxy) is 1. The van der Waals surface area contributed by atoms with Crippen molar-refractivity contribution in [1.29, 1.82) is 0 Å². The van der Waals surface area contributed by atoms with E-state index in [-0.39, 0.29) is 5.56 Å². The Kier molecular flexibility index (Phi) is 3.38. The van der Waals surface area contributed by atoms with Gasteiger partial charge in [0.2, 0.25) is 0 Å². The summed E-state index contributed by atoms with van der Waals surface area (Å²) in [6.45, 7) is 2.58. The Bertz CT molecular complexity index is 1090. The van der Waals surface area contributed by atoms with E-state index < -0.39 is 0 Å². The fraction of sp³-hybridized carbons (Fsp3) is 0.150. The van der Waals surface area contributed by atoms with Crippen LogP contribution in [0.15, 0.2) is 65.5 Å². The third-order valence-corrected chi connectivity index (χ3v) is 4.42. The van der Waals surface area contributed by atoms with Gasteiger partial charge in [-0.3, -0.25) is 4.79 Å². The molecule has 0 N–H and O–H groups in total. The number of hydrogen-bond donors (Lipinski definition) is 0. The number of rotatable bonds is 3. The fourth-order valence-corrected chi connectivity index (χ4v) is 3.36. The molecule has 0 fully saturated rings. The van der Waals surface area contributed by atoms with E-state index in [2.05, 4.69) is 0 Å². The van der Waals surface area contributed by atoms with E-state index in [1.54, 1.807) is 11.8 Å². The van der Waals surface area contributed by atoms with Crippen LogP contribution in [0, 0.1) is 0 Å². The minimum absolute atomic E-state index is 0.000376. The third-order valence-electron chi connectivity index (χ3n) is 4.42. The van der Waals surface area contributed by atoms with Crippen LogP contribution >= 0.6 is 0 Å². The molecule has 0 saturated carbocycles. The average molecular weight is 318 g/mol. The van der Waals surface area contributed by atoms with Gasteiger partial charge >= 0.3 is 0 Å². The zero-order chi connectivity index (χ0) is 16.7. The molecule has 1 aromatic heterocycles. The van der Waals surface area contributed by atoms with Crippen molar-refractivity contribution in [2.75, 3.05) is 7.11 Å². The van der Waals surface area contributed by atoms with Crippen molar-refractivity contribution in [3.63, 3.8) is 0 Å². The Morgan fingerprint density at radius 2 is 1.58 bits per heavy atom. The van der Waals surface area contributed by atoms with Gasteiger partial charge in [-0.2, -0.15) is 0 Å². The first-order valence-electron chi connectivity index (χ1n) is 8.03. The van der Waals surface area contributed by atoms with Crippen LogP contribution in [0.25, 0.3) is 27.4 Å². The largest absolute Gasteiger partial charge is 0.496 e. The van der Waals surface area contributed by atoms with Crippen LogP contribution in [-0.2, 0) is 6.54 Å². The number of hydrogen-bond acceptors (Lipinski definition) is 2. The first kappa shape index (κ1) is 14.6. The van der Waals surface area contributed by atoms with Crippen molar-refractivity contribution < 1.29 is 4.74 Å². The predicted octanol–water partition coefficient (Wildman–Crippen LogP) is 3.97. The summed E-state index contributed by atoms with van der Waals surface area (Å²) < 4.78 is 9.30.